The van der Waals surface area contributed by atoms with Crippen LogP contribution in [0.5, 0.6) is 0 Å². The van der Waals surface area contributed by atoms with E-state index in [1.54, 1.807) is 24.3 Å². The van der Waals surface area contributed by atoms with Gasteiger partial charge in [-0.05, 0) is 117 Å². The molecule has 0 aliphatic carbocycles. The average Bonchev–Trinajstić information content (AvgIpc) is 0.759. The number of thioether (sulfide) groups is 1. The van der Waals surface area contributed by atoms with Crippen molar-refractivity contribution in [2.24, 2.45) is 0 Å². The number of aliphatic hydroxyl groups is 2. The quantitative estimate of drug-likeness (QED) is 0.0475. The Morgan fingerprint density at radius 3 is 1.02 bits per heavy atom. The van der Waals surface area contributed by atoms with Crippen molar-refractivity contribution in [3.05, 3.63) is 293 Å². The zero-order chi connectivity index (χ0) is 78.5. The first kappa shape index (κ1) is 83.1. The molecule has 606 valence electrons. The van der Waals surface area contributed by atoms with Gasteiger partial charge in [-0.25, -0.2) is 0 Å². The van der Waals surface area contributed by atoms with Crippen molar-refractivity contribution in [1.29, 1.82) is 0 Å². The van der Waals surface area contributed by atoms with Crippen LogP contribution in [0.25, 0.3) is 0 Å². The number of ether oxygens (including phenoxy) is 18. The zero-order valence-electron chi connectivity index (χ0n) is 64.6. The molecule has 14 rings (SSSR count). The maximum atomic E-state index is 13.6. The lowest BCUT2D eigenvalue weighted by Gasteiger charge is -2.52. The third kappa shape index (κ3) is 20.7. The van der Waals surface area contributed by atoms with Gasteiger partial charge in [0.15, 0.2) is 25.0 Å². The van der Waals surface area contributed by atoms with E-state index in [0.29, 0.717) is 12.8 Å². The van der Waals surface area contributed by atoms with Gasteiger partial charge in [0.05, 0.1) is 92.5 Å². The van der Waals surface area contributed by atoms with Gasteiger partial charge in [0.2, 0.25) is 0 Å². The van der Waals surface area contributed by atoms with Crippen molar-refractivity contribution >= 4 is 17.7 Å². The largest absolute Gasteiger partial charge is 0.457 e. The first-order chi connectivity index (χ1) is 56.1. The molecule has 7 aromatic carbocycles. The van der Waals surface area contributed by atoms with Gasteiger partial charge in [0.25, 0.3) is 0 Å². The Labute approximate surface area is 672 Å². The number of hydrogen-bond donors (Lipinski definition) is 2. The number of aliphatic hydroxyl groups excluding tert-OH is 2. The summed E-state index contributed by atoms with van der Waals surface area (Å²) < 4.78 is 128. The highest BCUT2D eigenvalue weighted by Crippen LogP contribution is 2.43. The van der Waals surface area contributed by atoms with Gasteiger partial charge in [-0.2, -0.15) is 0 Å². The zero-order valence-corrected chi connectivity index (χ0v) is 65.4. The average molecular weight is 1580 g/mol. The maximum Gasteiger partial charge on any atom is 0.303 e. The number of carbonyl (C=O) groups is 1. The number of carbonyl (C=O) groups excluding carboxylic acids is 1. The van der Waals surface area contributed by atoms with Crippen LogP contribution < -0.4 is 0 Å². The number of rotatable bonds is 22. The molecule has 0 amide bonds. The van der Waals surface area contributed by atoms with E-state index in [-0.39, 0.29) is 85.9 Å². The van der Waals surface area contributed by atoms with E-state index in [9.17, 15) is 15.0 Å². The molecule has 22 heteroatoms. The van der Waals surface area contributed by atoms with Crippen LogP contribution in [0, 0.1) is 0 Å². The van der Waals surface area contributed by atoms with Crippen LogP contribution in [0.2, 0.25) is 0 Å². The van der Waals surface area contributed by atoms with E-state index < -0.39 is 135 Å². The Balaban J connectivity index is 0.884. The fourth-order valence-corrected chi connectivity index (χ4v) is 17.5. The van der Waals surface area contributed by atoms with E-state index >= 15 is 0 Å². The summed E-state index contributed by atoms with van der Waals surface area (Å²) in [5.74, 6) is -0.565. The lowest BCUT2D eigenvalue weighted by atomic mass is 9.94. The van der Waals surface area contributed by atoms with E-state index in [1.807, 2.05) is 103 Å². The summed E-state index contributed by atoms with van der Waals surface area (Å²) in [4.78, 5) is 14.4. The van der Waals surface area contributed by atoms with Crippen LogP contribution in [0.4, 0.5) is 0 Å². The molecule has 7 heterocycles. The van der Waals surface area contributed by atoms with Crippen LogP contribution in [-0.2, 0) is 168 Å². The van der Waals surface area contributed by atoms with Crippen molar-refractivity contribution in [1.82, 2.24) is 0 Å². The van der Waals surface area contributed by atoms with Crippen LogP contribution in [-0.4, -0.2) is 191 Å². The summed E-state index contributed by atoms with van der Waals surface area (Å²) in [5.41, 5.74) is 11.5. The molecule has 21 nitrogen and oxygen atoms in total. The minimum absolute atomic E-state index is 0.00898. The Morgan fingerprint density at radius 2 is 0.684 bits per heavy atom. The highest BCUT2D eigenvalue weighted by Gasteiger charge is 2.59. The number of esters is 1. The minimum Gasteiger partial charge on any atom is -0.457 e. The van der Waals surface area contributed by atoms with Crippen LogP contribution in [0.1, 0.15) is 73.7 Å². The summed E-state index contributed by atoms with van der Waals surface area (Å²) in [6.07, 6.45) is -11.7. The van der Waals surface area contributed by atoms with E-state index in [1.165, 1.54) is 18.7 Å². The number of aryl methyl sites for hydroxylation is 6. The van der Waals surface area contributed by atoms with Gasteiger partial charge in [0.1, 0.15) is 97.0 Å². The molecule has 0 radical (unpaired) electrons. The fraction of sp³-hybridized carbons (Fsp3) is 0.446. The van der Waals surface area contributed by atoms with Gasteiger partial charge < -0.3 is 95.5 Å². The molecule has 114 heavy (non-hydrogen) atoms. The predicted octanol–water partition coefficient (Wildman–Crippen LogP) is 12.1. The first-order valence-corrected chi connectivity index (χ1v) is 40.6. The minimum atomic E-state index is -1.41. The Hall–Kier alpha value is -7.44. The molecule has 20 atom stereocenters. The van der Waals surface area contributed by atoms with Gasteiger partial charge in [-0.1, -0.05) is 200 Å². The molecule has 4 saturated heterocycles. The van der Waals surface area contributed by atoms with Crippen LogP contribution in [0.3, 0.4) is 0 Å². The van der Waals surface area contributed by atoms with E-state index in [2.05, 4.69) is 99.1 Å². The topological polar surface area (TPSA) is 224 Å². The predicted molar refractivity (Wildman–Crippen MR) is 426 cm³/mol. The van der Waals surface area contributed by atoms with Gasteiger partial charge in [-0.3, -0.25) is 4.79 Å². The maximum absolute atomic E-state index is 13.6. The molecule has 0 aromatic heterocycles. The second-order valence-electron chi connectivity index (χ2n) is 29.5. The van der Waals surface area contributed by atoms with Gasteiger partial charge in [-0.15, -0.1) is 26.3 Å². The molecule has 6 bridgehead atoms. The lowest BCUT2D eigenvalue weighted by molar-refractivity contribution is -0.396. The second kappa shape index (κ2) is 41.6. The highest BCUT2D eigenvalue weighted by molar-refractivity contribution is 7.99. The molecule has 4 fully saturated rings. The molecular formula is C92H106O21S. The summed E-state index contributed by atoms with van der Waals surface area (Å²) >= 11 is 1.35. The lowest BCUT2D eigenvalue weighted by Crippen LogP contribution is -2.69. The summed E-state index contributed by atoms with van der Waals surface area (Å²) in [6, 6.07) is 58.9. The van der Waals surface area contributed by atoms with Crippen molar-refractivity contribution in [3.63, 3.8) is 0 Å². The molecule has 7 aliphatic rings. The summed E-state index contributed by atoms with van der Waals surface area (Å²) in [7, 11) is 0. The van der Waals surface area contributed by atoms with Crippen molar-refractivity contribution in [2.75, 3.05) is 52.9 Å². The van der Waals surface area contributed by atoms with Crippen molar-refractivity contribution in [2.45, 2.75) is 212 Å². The standard InChI is InChI=1S/C92H106O21S/c1-6-45-99-82-77(95)78(73(49-93)110-92(82)114-72-37-11-10-12-38-72)111-89-87(101-47-8-3)84-80(75(108-89)57-97-51-67-32-20-14-26-61(67)40-43-64-29-17-23-35-70(64)54-104-84)113-91-88(102-48-9-4)85-81(76(109-91)58-98-52-68-33-21-15-27-62(68)41-44-65-30-18-24-36-71(65)55-105-85)112-90-86(100-46-7-2)83-79(106-59(5)94)74(107-90)56-96-50-66-31-19-13-25-60(66)39-42-63-28-16-22-34-69(63)53-103-83/h6-38,73-93,95H,1-4,39-58H2,5H3. The smallest absolute Gasteiger partial charge is 0.303 e. The monoisotopic (exact) mass is 1580 g/mol. The molecule has 20 unspecified atom stereocenters. The van der Waals surface area contributed by atoms with Crippen molar-refractivity contribution in [3.8, 4) is 0 Å². The molecule has 2 N–H and O–H groups in total. The van der Waals surface area contributed by atoms with Crippen LogP contribution in [0.15, 0.2) is 231 Å². The summed E-state index contributed by atoms with van der Waals surface area (Å²) in [5, 5.41) is 24.2. The fourth-order valence-electron chi connectivity index (χ4n) is 16.3. The van der Waals surface area contributed by atoms with E-state index in [0.717, 1.165) is 97.3 Å². The molecular weight excluding hydrogens is 1470 g/mol. The normalized spacial score (nSPS) is 30.3. The van der Waals surface area contributed by atoms with Crippen molar-refractivity contribution < 1.29 is 100 Å². The molecule has 7 aromatic rings. The molecule has 0 spiro atoms. The van der Waals surface area contributed by atoms with Gasteiger partial charge in [0, 0.05) is 11.8 Å². The molecule has 7 aliphatic heterocycles. The van der Waals surface area contributed by atoms with Crippen LogP contribution >= 0.6 is 11.8 Å². The SMILES string of the molecule is C=CCOC1C(Sc2ccccc2)OC(CO)C(OC2OC3COCc4ccccc4CCc4ccccc4COC(C3OC3OC4COCc5ccccc5CCc5ccccc5COC(C4OC4OC5COCc6ccccc6CCc6ccccc6COC(C5OC(C)=O)C4OCC=C)C3OCC=C)C2OCC=C)C1O. The third-order valence-electron chi connectivity index (χ3n) is 22.0. The third-order valence-corrected chi connectivity index (χ3v) is 23.1. The second-order valence-corrected chi connectivity index (χ2v) is 30.7. The number of hydrogen-bond acceptors (Lipinski definition) is 22. The molecule has 0 saturated carbocycles. The first-order valence-electron chi connectivity index (χ1n) is 39.7. The number of benzene rings is 7. The van der Waals surface area contributed by atoms with Gasteiger partial charge >= 0.3 is 5.97 Å². The Morgan fingerprint density at radius 1 is 0.386 bits per heavy atom. The van der Waals surface area contributed by atoms with E-state index in [4.69, 9.17) is 85.3 Å². The highest BCUT2D eigenvalue weighted by atomic mass is 32.2. The number of fused-ring (bicyclic) bond motifs is 12. The Bertz CT molecular complexity index is 4240. The Kier molecular flexibility index (Phi) is 30.3. The summed E-state index contributed by atoms with van der Waals surface area (Å²) in [6.45, 7) is 17.5.